The number of aromatic nitrogens is 2. The molecule has 0 spiro atoms. The van der Waals surface area contributed by atoms with Crippen LogP contribution in [0, 0.1) is 0 Å². The van der Waals surface area contributed by atoms with Gasteiger partial charge in [0.15, 0.2) is 0 Å². The molecule has 7 nitrogen and oxygen atoms in total. The summed E-state index contributed by atoms with van der Waals surface area (Å²) in [6.07, 6.45) is 6.25. The second-order valence-corrected chi connectivity index (χ2v) is 7.48. The lowest BCUT2D eigenvalue weighted by Gasteiger charge is -2.17. The zero-order chi connectivity index (χ0) is 20.2. The van der Waals surface area contributed by atoms with Crippen LogP contribution < -0.4 is 16.0 Å². The van der Waals surface area contributed by atoms with Crippen molar-refractivity contribution in [2.24, 2.45) is 0 Å². The van der Waals surface area contributed by atoms with E-state index in [-0.39, 0.29) is 42.7 Å². The van der Waals surface area contributed by atoms with Crippen LogP contribution in [0.5, 0.6) is 0 Å². The monoisotopic (exact) mass is 463 g/mol. The quantitative estimate of drug-likeness (QED) is 0.523. The fourth-order valence-corrected chi connectivity index (χ4v) is 3.71. The number of imidazole rings is 1. The van der Waals surface area contributed by atoms with Crippen LogP contribution in [0.15, 0.2) is 61.1 Å². The van der Waals surface area contributed by atoms with Crippen LogP contribution >= 0.6 is 24.8 Å². The van der Waals surface area contributed by atoms with E-state index in [1.54, 1.807) is 13.1 Å². The van der Waals surface area contributed by atoms with Crippen molar-refractivity contribution in [1.82, 2.24) is 25.3 Å². The van der Waals surface area contributed by atoms with Crippen molar-refractivity contribution in [2.45, 2.75) is 37.9 Å². The zero-order valence-corrected chi connectivity index (χ0v) is 18.8. The molecule has 0 radical (unpaired) electrons. The lowest BCUT2D eigenvalue weighted by atomic mass is 9.96. The molecule has 1 aliphatic rings. The lowest BCUT2D eigenvalue weighted by Crippen LogP contribution is -2.49. The van der Waals surface area contributed by atoms with Gasteiger partial charge in [0, 0.05) is 31.7 Å². The van der Waals surface area contributed by atoms with Crippen LogP contribution in [0.2, 0.25) is 0 Å². The first-order chi connectivity index (χ1) is 14.1. The highest BCUT2D eigenvalue weighted by Crippen LogP contribution is 2.25. The van der Waals surface area contributed by atoms with Gasteiger partial charge < -0.3 is 20.4 Å². The van der Waals surface area contributed by atoms with E-state index in [2.05, 4.69) is 33.1 Å². The second-order valence-electron chi connectivity index (χ2n) is 7.48. The van der Waals surface area contributed by atoms with Gasteiger partial charge >= 0.3 is 0 Å². The highest BCUT2D eigenvalue weighted by atomic mass is 35.5. The highest BCUT2D eigenvalue weighted by molar-refractivity contribution is 5.89. The summed E-state index contributed by atoms with van der Waals surface area (Å²) in [5, 5.41) is 8.97. The van der Waals surface area contributed by atoms with Gasteiger partial charge in [0.25, 0.3) is 0 Å². The number of pyridine rings is 1. The highest BCUT2D eigenvalue weighted by Gasteiger charge is 2.31. The van der Waals surface area contributed by atoms with E-state index < -0.39 is 6.04 Å². The van der Waals surface area contributed by atoms with Gasteiger partial charge in [-0.05, 0) is 36.5 Å². The maximum absolute atomic E-state index is 12.6. The maximum Gasteiger partial charge on any atom is 0.242 e. The number of carbonyl (C=O) groups excluding carboxylic acids is 2. The number of amides is 2. The molecule has 0 unspecified atom stereocenters. The molecule has 9 heteroatoms. The molecule has 1 saturated heterocycles. The number of hydrogen-bond donors (Lipinski definition) is 3. The molecule has 31 heavy (non-hydrogen) atoms. The Hall–Kier alpha value is -2.61. The molecular weight excluding hydrogens is 437 g/mol. The van der Waals surface area contributed by atoms with E-state index in [4.69, 9.17) is 0 Å². The van der Waals surface area contributed by atoms with E-state index in [0.29, 0.717) is 12.5 Å². The van der Waals surface area contributed by atoms with Crippen molar-refractivity contribution in [3.8, 4) is 0 Å². The SMILES string of the molecule is C[C@H](NC(=O)[C@H]1C[C@H](c2ccccc2)CN1)C(=O)NCc1ccc2nccn2c1.Cl.Cl. The molecule has 3 aromatic rings. The smallest absolute Gasteiger partial charge is 0.242 e. The summed E-state index contributed by atoms with van der Waals surface area (Å²) < 4.78 is 1.90. The zero-order valence-electron chi connectivity index (χ0n) is 17.2. The minimum atomic E-state index is -0.600. The number of nitrogens with one attached hydrogen (secondary N) is 3. The number of rotatable bonds is 6. The van der Waals surface area contributed by atoms with Crippen molar-refractivity contribution in [3.05, 3.63) is 72.2 Å². The number of hydrogen-bond acceptors (Lipinski definition) is 4. The summed E-state index contributed by atoms with van der Waals surface area (Å²) in [7, 11) is 0. The van der Waals surface area contributed by atoms with E-state index in [1.165, 1.54) is 5.56 Å². The fraction of sp³-hybridized carbons (Fsp3) is 0.318. The minimum Gasteiger partial charge on any atom is -0.350 e. The lowest BCUT2D eigenvalue weighted by molar-refractivity contribution is -0.129. The van der Waals surface area contributed by atoms with Crippen molar-refractivity contribution in [3.63, 3.8) is 0 Å². The molecule has 2 aromatic heterocycles. The van der Waals surface area contributed by atoms with Crippen molar-refractivity contribution < 1.29 is 9.59 Å². The summed E-state index contributed by atoms with van der Waals surface area (Å²) in [5.41, 5.74) is 3.06. The van der Waals surface area contributed by atoms with Crippen LogP contribution in [-0.2, 0) is 16.1 Å². The first-order valence-corrected chi connectivity index (χ1v) is 9.88. The first kappa shape index (κ1) is 24.7. The molecule has 3 atom stereocenters. The molecule has 1 fully saturated rings. The van der Waals surface area contributed by atoms with Crippen molar-refractivity contribution >= 4 is 42.3 Å². The third-order valence-corrected chi connectivity index (χ3v) is 5.39. The van der Waals surface area contributed by atoms with Gasteiger partial charge in [0.05, 0.1) is 6.04 Å². The predicted molar refractivity (Wildman–Crippen MR) is 125 cm³/mol. The van der Waals surface area contributed by atoms with Gasteiger partial charge in [-0.3, -0.25) is 9.59 Å². The van der Waals surface area contributed by atoms with Crippen LogP contribution in [0.3, 0.4) is 0 Å². The number of benzene rings is 1. The normalized spacial score (nSPS) is 18.5. The van der Waals surface area contributed by atoms with Crippen molar-refractivity contribution in [1.29, 1.82) is 0 Å². The third-order valence-electron chi connectivity index (χ3n) is 5.39. The van der Waals surface area contributed by atoms with E-state index in [9.17, 15) is 9.59 Å². The molecule has 0 bridgehead atoms. The molecule has 1 aromatic carbocycles. The van der Waals surface area contributed by atoms with Crippen LogP contribution in [-0.4, -0.2) is 39.8 Å². The Labute approximate surface area is 193 Å². The Morgan fingerprint density at radius 3 is 2.74 bits per heavy atom. The summed E-state index contributed by atoms with van der Waals surface area (Å²) >= 11 is 0. The molecular formula is C22H27Cl2N5O2. The fourth-order valence-electron chi connectivity index (χ4n) is 3.71. The number of fused-ring (bicyclic) bond motifs is 1. The van der Waals surface area contributed by atoms with Gasteiger partial charge in [-0.25, -0.2) is 4.98 Å². The molecule has 2 amide bonds. The molecule has 0 aliphatic carbocycles. The Morgan fingerprint density at radius 1 is 1.19 bits per heavy atom. The van der Waals surface area contributed by atoms with Gasteiger partial charge in [-0.2, -0.15) is 0 Å². The first-order valence-electron chi connectivity index (χ1n) is 9.88. The van der Waals surface area contributed by atoms with Gasteiger partial charge in [-0.15, -0.1) is 24.8 Å². The summed E-state index contributed by atoms with van der Waals surface area (Å²) in [5.74, 6) is -0.0261. The summed E-state index contributed by atoms with van der Waals surface area (Å²) in [6.45, 7) is 2.86. The van der Waals surface area contributed by atoms with E-state index in [0.717, 1.165) is 24.2 Å². The topological polar surface area (TPSA) is 87.5 Å². The van der Waals surface area contributed by atoms with Gasteiger partial charge in [0.1, 0.15) is 11.7 Å². The standard InChI is InChI=1S/C22H25N5O2.2ClH/c1-15(21(28)25-12-16-7-8-20-23-9-10-27(20)14-16)26-22(29)19-11-18(13-24-19)17-5-3-2-4-6-17;;/h2-10,14-15,18-19,24H,11-13H2,1H3,(H,25,28)(H,26,29);2*1H/t15-,18-,19+;;/m0../s1. The van der Waals surface area contributed by atoms with Gasteiger partial charge in [0.2, 0.25) is 11.8 Å². The number of halogens is 2. The van der Waals surface area contributed by atoms with E-state index in [1.807, 2.05) is 47.1 Å². The van der Waals surface area contributed by atoms with Crippen LogP contribution in [0.25, 0.3) is 5.65 Å². The van der Waals surface area contributed by atoms with Gasteiger partial charge in [-0.1, -0.05) is 36.4 Å². The van der Waals surface area contributed by atoms with Crippen LogP contribution in [0.4, 0.5) is 0 Å². The molecule has 3 N–H and O–H groups in total. The summed E-state index contributed by atoms with van der Waals surface area (Å²) in [6, 6.07) is 13.1. The number of nitrogens with zero attached hydrogens (tertiary/aromatic N) is 2. The molecule has 0 saturated carbocycles. The molecule has 3 heterocycles. The third kappa shape index (κ3) is 5.97. The molecule has 4 rings (SSSR count). The number of carbonyl (C=O) groups is 2. The van der Waals surface area contributed by atoms with Crippen molar-refractivity contribution in [2.75, 3.05) is 6.54 Å². The molecule has 1 aliphatic heterocycles. The largest absolute Gasteiger partial charge is 0.350 e. The molecule has 166 valence electrons. The Balaban J connectivity index is 0.00000171. The van der Waals surface area contributed by atoms with E-state index >= 15 is 0 Å². The second kappa shape index (κ2) is 11.1. The maximum atomic E-state index is 12.6. The average molecular weight is 464 g/mol. The average Bonchev–Trinajstić information content (AvgIpc) is 3.41. The summed E-state index contributed by atoms with van der Waals surface area (Å²) in [4.78, 5) is 29.2. The van der Waals surface area contributed by atoms with Crippen LogP contribution in [0.1, 0.15) is 30.4 Å². The Kier molecular flexibility index (Phi) is 8.86. The Bertz CT molecular complexity index is 1010. The predicted octanol–water partition coefficient (Wildman–Crippen LogP) is 2.44. The minimum absolute atomic E-state index is 0. The Morgan fingerprint density at radius 2 is 1.97 bits per heavy atom.